The van der Waals surface area contributed by atoms with Crippen LogP contribution in [0.2, 0.25) is 0 Å². The highest BCUT2D eigenvalue weighted by atomic mass is 32.1. The minimum atomic E-state index is 0.0445. The van der Waals surface area contributed by atoms with E-state index in [1.165, 1.54) is 5.56 Å². The summed E-state index contributed by atoms with van der Waals surface area (Å²) in [5.41, 5.74) is 8.13. The van der Waals surface area contributed by atoms with Gasteiger partial charge < -0.3 is 10.6 Å². The third-order valence-corrected chi connectivity index (χ3v) is 4.18. The second-order valence-corrected chi connectivity index (χ2v) is 5.46. The van der Waals surface area contributed by atoms with Crippen molar-refractivity contribution in [2.45, 2.75) is 26.4 Å². The lowest BCUT2D eigenvalue weighted by Crippen LogP contribution is -2.16. The molecule has 2 N–H and O–H groups in total. The molecule has 5 heteroatoms. The van der Waals surface area contributed by atoms with Crippen LogP contribution in [0.15, 0.2) is 24.5 Å². The first-order valence-corrected chi connectivity index (χ1v) is 6.72. The Kier molecular flexibility index (Phi) is 3.93. The number of hydrogen-bond donors (Lipinski definition) is 1. The van der Waals surface area contributed by atoms with Gasteiger partial charge in [0.15, 0.2) is 5.13 Å². The maximum atomic E-state index is 5.92. The van der Waals surface area contributed by atoms with Crippen molar-refractivity contribution in [1.29, 1.82) is 0 Å². The molecule has 1 atom stereocenters. The first-order chi connectivity index (χ1) is 8.58. The quantitative estimate of drug-likeness (QED) is 0.920. The van der Waals surface area contributed by atoms with E-state index >= 15 is 0 Å². The van der Waals surface area contributed by atoms with Gasteiger partial charge in [0.1, 0.15) is 0 Å². The molecule has 2 heterocycles. The molecule has 0 spiro atoms. The Balaban J connectivity index is 2.14. The summed E-state index contributed by atoms with van der Waals surface area (Å²) >= 11 is 1.66. The molecule has 0 amide bonds. The minimum absolute atomic E-state index is 0.0445. The van der Waals surface area contributed by atoms with Crippen molar-refractivity contribution in [2.75, 3.05) is 11.9 Å². The molecule has 0 aromatic carbocycles. The molecule has 0 radical (unpaired) electrons. The van der Waals surface area contributed by atoms with Crippen LogP contribution in [0, 0.1) is 6.92 Å². The summed E-state index contributed by atoms with van der Waals surface area (Å²) in [6.45, 7) is 4.81. The monoisotopic (exact) mass is 262 g/mol. The van der Waals surface area contributed by atoms with E-state index in [4.69, 9.17) is 5.73 Å². The van der Waals surface area contributed by atoms with E-state index in [0.717, 1.165) is 22.2 Å². The van der Waals surface area contributed by atoms with Gasteiger partial charge in [0.05, 0.1) is 5.69 Å². The number of nitrogens with two attached hydrogens (primary N) is 1. The zero-order valence-electron chi connectivity index (χ0n) is 10.9. The molecule has 4 nitrogen and oxygen atoms in total. The molecule has 0 saturated heterocycles. The second-order valence-electron chi connectivity index (χ2n) is 4.45. The maximum Gasteiger partial charge on any atom is 0.185 e. The van der Waals surface area contributed by atoms with Crippen molar-refractivity contribution in [3.63, 3.8) is 0 Å². The van der Waals surface area contributed by atoms with Crippen molar-refractivity contribution in [1.82, 2.24) is 9.97 Å². The van der Waals surface area contributed by atoms with Crippen LogP contribution in [0.5, 0.6) is 0 Å². The van der Waals surface area contributed by atoms with Crippen LogP contribution in [0.4, 0.5) is 5.13 Å². The lowest BCUT2D eigenvalue weighted by atomic mass is 10.2. The molecule has 0 fully saturated rings. The molecule has 1 unspecified atom stereocenters. The summed E-state index contributed by atoms with van der Waals surface area (Å²) < 4.78 is 0. The van der Waals surface area contributed by atoms with E-state index in [2.05, 4.69) is 20.9 Å². The summed E-state index contributed by atoms with van der Waals surface area (Å²) in [5.74, 6) is 0. The van der Waals surface area contributed by atoms with E-state index in [-0.39, 0.29) is 6.04 Å². The number of pyridine rings is 1. The normalized spacial score (nSPS) is 12.4. The van der Waals surface area contributed by atoms with Gasteiger partial charge in [-0.25, -0.2) is 4.98 Å². The summed E-state index contributed by atoms with van der Waals surface area (Å²) in [5, 5.41) is 1.00. The third kappa shape index (κ3) is 2.86. The molecule has 0 aliphatic rings. The van der Waals surface area contributed by atoms with Crippen molar-refractivity contribution in [3.8, 4) is 0 Å². The maximum absolute atomic E-state index is 5.92. The van der Waals surface area contributed by atoms with Crippen LogP contribution in [-0.2, 0) is 6.54 Å². The lowest BCUT2D eigenvalue weighted by molar-refractivity contribution is 0.824. The summed E-state index contributed by atoms with van der Waals surface area (Å²) in [4.78, 5) is 12.0. The van der Waals surface area contributed by atoms with Crippen molar-refractivity contribution < 1.29 is 0 Å². The van der Waals surface area contributed by atoms with E-state index in [9.17, 15) is 0 Å². The smallest absolute Gasteiger partial charge is 0.185 e. The first-order valence-electron chi connectivity index (χ1n) is 5.91. The molecule has 2 rings (SSSR count). The average molecular weight is 262 g/mol. The number of anilines is 1. The van der Waals surface area contributed by atoms with Gasteiger partial charge in [0.2, 0.25) is 0 Å². The first kappa shape index (κ1) is 13.0. The van der Waals surface area contributed by atoms with Gasteiger partial charge in [-0.05, 0) is 25.5 Å². The van der Waals surface area contributed by atoms with Crippen LogP contribution >= 0.6 is 11.3 Å². The average Bonchev–Trinajstić information content (AvgIpc) is 2.73. The zero-order chi connectivity index (χ0) is 13.1. The van der Waals surface area contributed by atoms with E-state index in [1.54, 1.807) is 17.5 Å². The van der Waals surface area contributed by atoms with Crippen molar-refractivity contribution in [2.24, 2.45) is 5.73 Å². The van der Waals surface area contributed by atoms with Crippen LogP contribution in [0.3, 0.4) is 0 Å². The predicted molar refractivity (Wildman–Crippen MR) is 75.8 cm³/mol. The minimum Gasteiger partial charge on any atom is -0.347 e. The number of rotatable bonds is 4. The van der Waals surface area contributed by atoms with Gasteiger partial charge in [-0.15, -0.1) is 11.3 Å². The predicted octanol–water partition coefficient (Wildman–Crippen LogP) is 2.50. The fourth-order valence-corrected chi connectivity index (χ4v) is 2.79. The highest BCUT2D eigenvalue weighted by Crippen LogP contribution is 2.29. The van der Waals surface area contributed by atoms with E-state index < -0.39 is 0 Å². The number of aryl methyl sites for hydroxylation is 1. The Hall–Kier alpha value is -1.46. The van der Waals surface area contributed by atoms with Gasteiger partial charge in [-0.3, -0.25) is 4.98 Å². The fraction of sp³-hybridized carbons (Fsp3) is 0.385. The summed E-state index contributed by atoms with van der Waals surface area (Å²) in [6.07, 6.45) is 3.66. The number of hydrogen-bond acceptors (Lipinski definition) is 5. The molecule has 0 aliphatic carbocycles. The van der Waals surface area contributed by atoms with Gasteiger partial charge in [-0.2, -0.15) is 0 Å². The van der Waals surface area contributed by atoms with Gasteiger partial charge >= 0.3 is 0 Å². The third-order valence-electron chi connectivity index (χ3n) is 2.70. The van der Waals surface area contributed by atoms with Crippen LogP contribution in [0.25, 0.3) is 0 Å². The Morgan fingerprint density at radius 3 is 2.83 bits per heavy atom. The molecule has 96 valence electrons. The molecule has 2 aromatic heterocycles. The molecule has 0 aliphatic heterocycles. The molecular weight excluding hydrogens is 244 g/mol. The highest BCUT2D eigenvalue weighted by molar-refractivity contribution is 7.15. The molecule has 2 aromatic rings. The number of aromatic nitrogens is 2. The van der Waals surface area contributed by atoms with Gasteiger partial charge in [0.25, 0.3) is 0 Å². The molecule has 0 bridgehead atoms. The highest BCUT2D eigenvalue weighted by Gasteiger charge is 2.13. The Morgan fingerprint density at radius 2 is 2.28 bits per heavy atom. The van der Waals surface area contributed by atoms with E-state index in [0.29, 0.717) is 0 Å². The standard InChI is InChI=1S/C13H18N4S/c1-9(14)12-10(2)16-13(18-12)17(3)8-11-5-4-6-15-7-11/h4-7,9H,8,14H2,1-3H3. The number of thiazole rings is 1. The van der Waals surface area contributed by atoms with E-state index in [1.807, 2.05) is 33.2 Å². The second kappa shape index (κ2) is 5.46. The van der Waals surface area contributed by atoms with Gasteiger partial charge in [-0.1, -0.05) is 6.07 Å². The SMILES string of the molecule is Cc1nc(N(C)Cc2cccnc2)sc1C(C)N. The van der Waals surface area contributed by atoms with Crippen LogP contribution < -0.4 is 10.6 Å². The van der Waals surface area contributed by atoms with Crippen LogP contribution in [-0.4, -0.2) is 17.0 Å². The molecule has 18 heavy (non-hydrogen) atoms. The molecular formula is C13H18N4S. The summed E-state index contributed by atoms with van der Waals surface area (Å²) in [7, 11) is 2.04. The van der Waals surface area contributed by atoms with Gasteiger partial charge in [0, 0.05) is 36.9 Å². The zero-order valence-corrected chi connectivity index (χ0v) is 11.7. The Labute approximate surface area is 111 Å². The topological polar surface area (TPSA) is 55.0 Å². The molecule has 0 saturated carbocycles. The fourth-order valence-electron chi connectivity index (χ4n) is 1.81. The lowest BCUT2D eigenvalue weighted by Gasteiger charge is -2.15. The Bertz CT molecular complexity index is 507. The van der Waals surface area contributed by atoms with Crippen LogP contribution in [0.1, 0.15) is 29.1 Å². The number of nitrogens with zero attached hydrogens (tertiary/aromatic N) is 3. The Morgan fingerprint density at radius 1 is 1.50 bits per heavy atom. The van der Waals surface area contributed by atoms with Crippen molar-refractivity contribution in [3.05, 3.63) is 40.7 Å². The largest absolute Gasteiger partial charge is 0.347 e. The van der Waals surface area contributed by atoms with Crippen molar-refractivity contribution >= 4 is 16.5 Å². The summed E-state index contributed by atoms with van der Waals surface area (Å²) in [6, 6.07) is 4.06.